The summed E-state index contributed by atoms with van der Waals surface area (Å²) in [6.45, 7) is 0.374. The third kappa shape index (κ3) is 2.96. The Hall–Kier alpha value is -2.12. The summed E-state index contributed by atoms with van der Waals surface area (Å²) in [5.41, 5.74) is 0.815. The van der Waals surface area contributed by atoms with Crippen molar-refractivity contribution in [2.24, 2.45) is 0 Å². The van der Waals surface area contributed by atoms with Gasteiger partial charge in [0.2, 0.25) is 0 Å². The molecule has 2 rings (SSSR count). The van der Waals surface area contributed by atoms with Crippen LogP contribution in [0.4, 0.5) is 0 Å². The molecular weight excluding hydrogens is 228 g/mol. The molecule has 1 aromatic carbocycles. The normalized spacial score (nSPS) is 12.0. The summed E-state index contributed by atoms with van der Waals surface area (Å²) >= 11 is 0. The van der Waals surface area contributed by atoms with E-state index in [1.807, 2.05) is 36.4 Å². The molecule has 1 N–H and O–H groups in total. The molecule has 0 amide bonds. The first kappa shape index (κ1) is 12.3. The standard InChI is InChI=1S/C14H14N2O2/c15-8-6-12(17)7-10-18-13-5-1-3-11-4-2-9-16-14(11)13/h1-5,9,12,17H,6-7,10H2. The number of aliphatic hydroxyl groups excluding tert-OH is 1. The molecule has 2 aromatic rings. The molecule has 0 saturated heterocycles. The van der Waals surface area contributed by atoms with Gasteiger partial charge >= 0.3 is 0 Å². The molecule has 0 aliphatic rings. The number of benzene rings is 1. The number of pyridine rings is 1. The molecule has 1 unspecified atom stereocenters. The number of nitrogens with zero attached hydrogens (tertiary/aromatic N) is 2. The molecule has 1 heterocycles. The molecule has 18 heavy (non-hydrogen) atoms. The van der Waals surface area contributed by atoms with Crippen LogP contribution >= 0.6 is 0 Å². The van der Waals surface area contributed by atoms with Gasteiger partial charge in [-0.2, -0.15) is 5.26 Å². The number of nitriles is 1. The van der Waals surface area contributed by atoms with Gasteiger partial charge in [-0.05, 0) is 12.1 Å². The van der Waals surface area contributed by atoms with Crippen LogP contribution in [0.5, 0.6) is 5.75 Å². The number of aromatic nitrogens is 1. The molecule has 0 saturated carbocycles. The minimum atomic E-state index is -0.627. The summed E-state index contributed by atoms with van der Waals surface area (Å²) < 4.78 is 5.60. The maximum absolute atomic E-state index is 9.42. The average Bonchev–Trinajstić information content (AvgIpc) is 2.39. The lowest BCUT2D eigenvalue weighted by molar-refractivity contribution is 0.143. The quantitative estimate of drug-likeness (QED) is 0.873. The van der Waals surface area contributed by atoms with Crippen molar-refractivity contribution < 1.29 is 9.84 Å². The fourth-order valence-corrected chi connectivity index (χ4v) is 1.71. The van der Waals surface area contributed by atoms with Crippen LogP contribution in [0.15, 0.2) is 36.5 Å². The van der Waals surface area contributed by atoms with E-state index in [0.717, 1.165) is 10.9 Å². The van der Waals surface area contributed by atoms with Gasteiger partial charge in [0.1, 0.15) is 11.3 Å². The van der Waals surface area contributed by atoms with Gasteiger partial charge in [-0.15, -0.1) is 0 Å². The fraction of sp³-hybridized carbons (Fsp3) is 0.286. The number of hydrogen-bond acceptors (Lipinski definition) is 4. The van der Waals surface area contributed by atoms with E-state index in [4.69, 9.17) is 10.00 Å². The lowest BCUT2D eigenvalue weighted by Crippen LogP contribution is -2.11. The van der Waals surface area contributed by atoms with Crippen LogP contribution < -0.4 is 4.74 Å². The summed E-state index contributed by atoms with van der Waals surface area (Å²) in [5, 5.41) is 18.9. The maximum Gasteiger partial charge on any atom is 0.145 e. The largest absolute Gasteiger partial charge is 0.491 e. The third-order valence-corrected chi connectivity index (χ3v) is 2.63. The summed E-state index contributed by atoms with van der Waals surface area (Å²) in [7, 11) is 0. The minimum absolute atomic E-state index is 0.136. The predicted molar refractivity (Wildman–Crippen MR) is 68.1 cm³/mol. The van der Waals surface area contributed by atoms with E-state index in [1.165, 1.54) is 0 Å². The van der Waals surface area contributed by atoms with Gasteiger partial charge in [0.25, 0.3) is 0 Å². The van der Waals surface area contributed by atoms with Gasteiger partial charge in [-0.3, -0.25) is 4.98 Å². The molecule has 1 aromatic heterocycles. The Bertz CT molecular complexity index is 558. The Morgan fingerprint density at radius 2 is 2.17 bits per heavy atom. The second-order valence-corrected chi connectivity index (χ2v) is 3.98. The first-order valence-electron chi connectivity index (χ1n) is 5.83. The molecule has 0 aliphatic heterocycles. The van der Waals surface area contributed by atoms with Crippen LogP contribution in [0.3, 0.4) is 0 Å². The van der Waals surface area contributed by atoms with Crippen molar-refractivity contribution in [2.75, 3.05) is 6.61 Å². The van der Waals surface area contributed by atoms with E-state index < -0.39 is 6.10 Å². The molecule has 4 heteroatoms. The van der Waals surface area contributed by atoms with E-state index in [2.05, 4.69) is 4.98 Å². The van der Waals surface area contributed by atoms with Crippen LogP contribution in [0.25, 0.3) is 10.9 Å². The predicted octanol–water partition coefficient (Wildman–Crippen LogP) is 2.28. The van der Waals surface area contributed by atoms with E-state index in [0.29, 0.717) is 18.8 Å². The lowest BCUT2D eigenvalue weighted by Gasteiger charge is -2.10. The van der Waals surface area contributed by atoms with Gasteiger partial charge < -0.3 is 9.84 Å². The van der Waals surface area contributed by atoms with E-state index >= 15 is 0 Å². The SMILES string of the molecule is N#CCC(O)CCOc1cccc2cccnc12. The Morgan fingerprint density at radius 3 is 3.00 bits per heavy atom. The molecular formula is C14H14N2O2. The highest BCUT2D eigenvalue weighted by Crippen LogP contribution is 2.23. The second-order valence-electron chi connectivity index (χ2n) is 3.98. The summed E-state index contributed by atoms with van der Waals surface area (Å²) in [6.07, 6.45) is 1.67. The third-order valence-electron chi connectivity index (χ3n) is 2.63. The van der Waals surface area contributed by atoms with Crippen molar-refractivity contribution in [3.8, 4) is 11.8 Å². The van der Waals surface area contributed by atoms with Crippen molar-refractivity contribution in [1.82, 2.24) is 4.98 Å². The molecule has 0 aliphatic carbocycles. The van der Waals surface area contributed by atoms with Crippen LogP contribution in [0.2, 0.25) is 0 Å². The lowest BCUT2D eigenvalue weighted by atomic mass is 10.2. The van der Waals surface area contributed by atoms with Crippen molar-refractivity contribution in [2.45, 2.75) is 18.9 Å². The zero-order valence-electron chi connectivity index (χ0n) is 9.91. The number of aliphatic hydroxyl groups is 1. The summed E-state index contributed by atoms with van der Waals surface area (Å²) in [6, 6.07) is 11.5. The van der Waals surface area contributed by atoms with Crippen LogP contribution in [0.1, 0.15) is 12.8 Å². The topological polar surface area (TPSA) is 66.1 Å². The Kier molecular flexibility index (Phi) is 4.11. The second kappa shape index (κ2) is 5.99. The number of para-hydroxylation sites is 1. The molecule has 0 fully saturated rings. The van der Waals surface area contributed by atoms with Gasteiger partial charge in [0.15, 0.2) is 0 Å². The van der Waals surface area contributed by atoms with E-state index in [1.54, 1.807) is 6.20 Å². The molecule has 92 valence electrons. The highest BCUT2D eigenvalue weighted by atomic mass is 16.5. The van der Waals surface area contributed by atoms with Crippen molar-refractivity contribution in [3.05, 3.63) is 36.5 Å². The summed E-state index contributed by atoms with van der Waals surface area (Å²) in [5.74, 6) is 0.706. The molecule has 1 atom stereocenters. The Balaban J connectivity index is 2.02. The highest BCUT2D eigenvalue weighted by Gasteiger charge is 2.06. The van der Waals surface area contributed by atoms with E-state index in [9.17, 15) is 5.11 Å². The summed E-state index contributed by atoms with van der Waals surface area (Å²) in [4.78, 5) is 4.28. The first-order chi connectivity index (χ1) is 8.81. The van der Waals surface area contributed by atoms with Crippen molar-refractivity contribution >= 4 is 10.9 Å². The molecule has 0 spiro atoms. The number of fused-ring (bicyclic) bond motifs is 1. The van der Waals surface area contributed by atoms with Gasteiger partial charge in [-0.25, -0.2) is 0 Å². The number of hydrogen-bond donors (Lipinski definition) is 1. The fourth-order valence-electron chi connectivity index (χ4n) is 1.71. The maximum atomic E-state index is 9.42. The highest BCUT2D eigenvalue weighted by molar-refractivity contribution is 5.84. The van der Waals surface area contributed by atoms with Crippen molar-refractivity contribution in [3.63, 3.8) is 0 Å². The van der Waals surface area contributed by atoms with Crippen molar-refractivity contribution in [1.29, 1.82) is 5.26 Å². The van der Waals surface area contributed by atoms with E-state index in [-0.39, 0.29) is 6.42 Å². The Labute approximate surface area is 105 Å². The minimum Gasteiger partial charge on any atom is -0.491 e. The molecule has 0 radical (unpaired) electrons. The monoisotopic (exact) mass is 242 g/mol. The smallest absolute Gasteiger partial charge is 0.145 e. The molecule has 0 bridgehead atoms. The van der Waals surface area contributed by atoms with Crippen LogP contribution in [-0.2, 0) is 0 Å². The Morgan fingerprint density at radius 1 is 1.33 bits per heavy atom. The zero-order valence-corrected chi connectivity index (χ0v) is 9.91. The number of ether oxygens (including phenoxy) is 1. The van der Waals surface area contributed by atoms with Crippen LogP contribution in [-0.4, -0.2) is 22.8 Å². The number of rotatable bonds is 5. The average molecular weight is 242 g/mol. The van der Waals surface area contributed by atoms with Gasteiger partial charge in [-0.1, -0.05) is 18.2 Å². The van der Waals surface area contributed by atoms with Gasteiger partial charge in [0.05, 0.1) is 25.2 Å². The first-order valence-corrected chi connectivity index (χ1v) is 5.83. The van der Waals surface area contributed by atoms with Gasteiger partial charge in [0, 0.05) is 18.0 Å². The van der Waals surface area contributed by atoms with Crippen LogP contribution in [0, 0.1) is 11.3 Å². The zero-order chi connectivity index (χ0) is 12.8. The molecule has 4 nitrogen and oxygen atoms in total.